The first-order valence-corrected chi connectivity index (χ1v) is 12.9. The summed E-state index contributed by atoms with van der Waals surface area (Å²) in [6, 6.07) is 9.28. The van der Waals surface area contributed by atoms with Gasteiger partial charge in [0.2, 0.25) is 0 Å². The fourth-order valence-corrected chi connectivity index (χ4v) is 5.73. The highest BCUT2D eigenvalue weighted by Crippen LogP contribution is 2.30. The number of rotatable bonds is 7. The molecule has 2 aromatic heterocycles. The summed E-state index contributed by atoms with van der Waals surface area (Å²) in [5.41, 5.74) is 3.04. The molecule has 2 heterocycles. The third kappa shape index (κ3) is 5.03. The second kappa shape index (κ2) is 10.2. The SMILES string of the molecule is CCc1ccc2[nH]c(=O)c(CN(Cc3nnnn3C3CCCCC3)C3CCCCC3)cc2c1. The van der Waals surface area contributed by atoms with Crippen LogP contribution in [0.1, 0.15) is 94.1 Å². The second-order valence-corrected chi connectivity index (χ2v) is 9.93. The first-order valence-electron chi connectivity index (χ1n) is 12.9. The van der Waals surface area contributed by atoms with Crippen molar-refractivity contribution in [1.82, 2.24) is 30.1 Å². The Kier molecular flexibility index (Phi) is 6.85. The van der Waals surface area contributed by atoms with Crippen molar-refractivity contribution in [3.63, 3.8) is 0 Å². The maximum Gasteiger partial charge on any atom is 0.252 e. The number of hydrogen-bond donors (Lipinski definition) is 1. The van der Waals surface area contributed by atoms with E-state index < -0.39 is 0 Å². The van der Waals surface area contributed by atoms with Crippen LogP contribution in [0.5, 0.6) is 0 Å². The summed E-state index contributed by atoms with van der Waals surface area (Å²) in [5, 5.41) is 14.0. The van der Waals surface area contributed by atoms with E-state index in [0.717, 1.165) is 41.6 Å². The normalized spacial score (nSPS) is 18.4. The Morgan fingerprint density at radius 2 is 1.76 bits per heavy atom. The molecule has 176 valence electrons. The molecule has 2 saturated carbocycles. The van der Waals surface area contributed by atoms with E-state index in [2.05, 4.69) is 55.2 Å². The molecule has 0 bridgehead atoms. The van der Waals surface area contributed by atoms with E-state index in [1.165, 1.54) is 56.9 Å². The molecule has 7 heteroatoms. The molecule has 0 spiro atoms. The first kappa shape index (κ1) is 22.3. The number of nitrogens with one attached hydrogen (secondary N) is 1. The Morgan fingerprint density at radius 1 is 1.00 bits per heavy atom. The Balaban J connectivity index is 1.43. The molecular formula is C26H36N6O. The zero-order chi connectivity index (χ0) is 22.6. The smallest absolute Gasteiger partial charge is 0.252 e. The lowest BCUT2D eigenvalue weighted by Gasteiger charge is -2.34. The Labute approximate surface area is 195 Å². The number of benzene rings is 1. The molecule has 2 fully saturated rings. The van der Waals surface area contributed by atoms with Gasteiger partial charge in [-0.3, -0.25) is 9.69 Å². The minimum absolute atomic E-state index is 0.0134. The van der Waals surface area contributed by atoms with Gasteiger partial charge >= 0.3 is 0 Å². The second-order valence-electron chi connectivity index (χ2n) is 9.93. The molecular weight excluding hydrogens is 412 g/mol. The number of fused-ring (bicyclic) bond motifs is 1. The molecule has 7 nitrogen and oxygen atoms in total. The van der Waals surface area contributed by atoms with Crippen molar-refractivity contribution in [2.45, 2.75) is 103 Å². The van der Waals surface area contributed by atoms with Gasteiger partial charge in [-0.2, -0.15) is 0 Å². The summed E-state index contributed by atoms with van der Waals surface area (Å²) in [6.45, 7) is 3.49. The number of H-pyrrole nitrogens is 1. The van der Waals surface area contributed by atoms with Crippen LogP contribution >= 0.6 is 0 Å². The van der Waals surface area contributed by atoms with Gasteiger partial charge in [-0.05, 0) is 71.7 Å². The van der Waals surface area contributed by atoms with Crippen molar-refractivity contribution in [3.05, 3.63) is 51.6 Å². The number of aryl methyl sites for hydroxylation is 1. The van der Waals surface area contributed by atoms with E-state index in [1.807, 2.05) is 6.07 Å². The number of aromatic nitrogens is 5. The summed E-state index contributed by atoms with van der Waals surface area (Å²) < 4.78 is 2.08. The van der Waals surface area contributed by atoms with Gasteiger partial charge in [0, 0.05) is 23.7 Å². The van der Waals surface area contributed by atoms with E-state index in [-0.39, 0.29) is 5.56 Å². The highest BCUT2D eigenvalue weighted by Gasteiger charge is 2.26. The van der Waals surface area contributed by atoms with Crippen molar-refractivity contribution in [2.75, 3.05) is 0 Å². The minimum Gasteiger partial charge on any atom is -0.322 e. The molecule has 0 aliphatic heterocycles. The molecule has 0 atom stereocenters. The molecule has 3 aromatic rings. The topological polar surface area (TPSA) is 79.7 Å². The zero-order valence-corrected chi connectivity index (χ0v) is 19.8. The molecule has 0 saturated heterocycles. The lowest BCUT2D eigenvalue weighted by atomic mass is 9.93. The van der Waals surface area contributed by atoms with Crippen molar-refractivity contribution >= 4 is 10.9 Å². The van der Waals surface area contributed by atoms with Crippen LogP contribution in [-0.2, 0) is 19.5 Å². The lowest BCUT2D eigenvalue weighted by molar-refractivity contribution is 0.131. The molecule has 2 aliphatic rings. The zero-order valence-electron chi connectivity index (χ0n) is 19.8. The number of pyridine rings is 1. The molecule has 2 aliphatic carbocycles. The minimum atomic E-state index is 0.0134. The van der Waals surface area contributed by atoms with Gasteiger partial charge in [-0.15, -0.1) is 5.10 Å². The van der Waals surface area contributed by atoms with Crippen molar-refractivity contribution in [2.24, 2.45) is 0 Å². The summed E-state index contributed by atoms with van der Waals surface area (Å²) in [5.74, 6) is 0.943. The number of hydrogen-bond acceptors (Lipinski definition) is 5. The largest absolute Gasteiger partial charge is 0.322 e. The molecule has 5 rings (SSSR count). The molecule has 1 aromatic carbocycles. The predicted octanol–water partition coefficient (Wildman–Crippen LogP) is 4.92. The summed E-state index contributed by atoms with van der Waals surface area (Å²) in [6.07, 6.45) is 13.3. The Hall–Kier alpha value is -2.54. The quantitative estimate of drug-likeness (QED) is 0.555. The van der Waals surface area contributed by atoms with Crippen LogP contribution < -0.4 is 5.56 Å². The summed E-state index contributed by atoms with van der Waals surface area (Å²) in [7, 11) is 0. The van der Waals surface area contributed by atoms with Gasteiger partial charge < -0.3 is 4.98 Å². The lowest BCUT2D eigenvalue weighted by Crippen LogP contribution is -2.38. The monoisotopic (exact) mass is 448 g/mol. The molecule has 1 N–H and O–H groups in total. The molecule has 0 unspecified atom stereocenters. The van der Waals surface area contributed by atoms with Crippen molar-refractivity contribution in [3.8, 4) is 0 Å². The van der Waals surface area contributed by atoms with Crippen LogP contribution in [0.25, 0.3) is 10.9 Å². The first-order chi connectivity index (χ1) is 16.2. The van der Waals surface area contributed by atoms with Crippen LogP contribution in [0.4, 0.5) is 0 Å². The van der Waals surface area contributed by atoms with Gasteiger partial charge in [0.1, 0.15) is 0 Å². The summed E-state index contributed by atoms with van der Waals surface area (Å²) >= 11 is 0. The average Bonchev–Trinajstić information content (AvgIpc) is 3.33. The highest BCUT2D eigenvalue weighted by atomic mass is 16.1. The maximum absolute atomic E-state index is 13.0. The van der Waals surface area contributed by atoms with Crippen molar-refractivity contribution in [1.29, 1.82) is 0 Å². The standard InChI is InChI=1S/C26H36N6O/c1-2-19-13-14-24-20(15-19)16-21(26(33)27-24)17-31(22-9-5-3-6-10-22)18-25-28-29-30-32(25)23-11-7-4-8-12-23/h13-16,22-23H,2-12,17-18H2,1H3,(H,27,33). The van der Waals surface area contributed by atoms with Gasteiger partial charge in [0.25, 0.3) is 5.56 Å². The van der Waals surface area contributed by atoms with Crippen LogP contribution in [0.3, 0.4) is 0 Å². The van der Waals surface area contributed by atoms with Crippen molar-refractivity contribution < 1.29 is 0 Å². The van der Waals surface area contributed by atoms with E-state index in [0.29, 0.717) is 25.2 Å². The third-order valence-electron chi connectivity index (χ3n) is 7.68. The van der Waals surface area contributed by atoms with E-state index in [4.69, 9.17) is 0 Å². The van der Waals surface area contributed by atoms with Gasteiger partial charge in [-0.1, -0.05) is 51.5 Å². The molecule has 0 amide bonds. The van der Waals surface area contributed by atoms with Gasteiger partial charge in [0.15, 0.2) is 5.82 Å². The molecule has 33 heavy (non-hydrogen) atoms. The molecule has 0 radical (unpaired) electrons. The number of tetrazole rings is 1. The average molecular weight is 449 g/mol. The number of nitrogens with zero attached hydrogens (tertiary/aromatic N) is 5. The third-order valence-corrected chi connectivity index (χ3v) is 7.68. The highest BCUT2D eigenvalue weighted by molar-refractivity contribution is 5.79. The van der Waals surface area contributed by atoms with Gasteiger partial charge in [0.05, 0.1) is 12.6 Å². The van der Waals surface area contributed by atoms with E-state index >= 15 is 0 Å². The van der Waals surface area contributed by atoms with Gasteiger partial charge in [-0.25, -0.2) is 4.68 Å². The van der Waals surface area contributed by atoms with Crippen LogP contribution in [0.15, 0.2) is 29.1 Å². The Bertz CT molecular complexity index is 1120. The Morgan fingerprint density at radius 3 is 2.52 bits per heavy atom. The summed E-state index contributed by atoms with van der Waals surface area (Å²) in [4.78, 5) is 18.6. The van der Waals surface area contributed by atoms with E-state index in [1.54, 1.807) is 0 Å². The van der Waals surface area contributed by atoms with Crippen LogP contribution in [-0.4, -0.2) is 36.1 Å². The van der Waals surface area contributed by atoms with E-state index in [9.17, 15) is 4.79 Å². The van der Waals surface area contributed by atoms with Crippen LogP contribution in [0.2, 0.25) is 0 Å². The maximum atomic E-state index is 13.0. The van der Waals surface area contributed by atoms with Crippen LogP contribution in [0, 0.1) is 0 Å². The fourth-order valence-electron chi connectivity index (χ4n) is 5.73. The predicted molar refractivity (Wildman–Crippen MR) is 130 cm³/mol. The number of aromatic amines is 1. The fraction of sp³-hybridized carbons (Fsp3) is 0.615.